The second kappa shape index (κ2) is 8.89. The number of aryl methyl sites for hydroxylation is 1. The number of carbonyl (C=O) groups excluding carboxylic acids is 1. The van der Waals surface area contributed by atoms with E-state index in [1.807, 2.05) is 42.5 Å². The number of unbranched alkanes of at least 4 members (excludes halogenated alkanes) is 1. The van der Waals surface area contributed by atoms with E-state index in [-0.39, 0.29) is 5.91 Å². The smallest absolute Gasteiger partial charge is 0.223 e. The molecule has 0 spiro atoms. The van der Waals surface area contributed by atoms with Gasteiger partial charge in [0.2, 0.25) is 5.91 Å². The average molecular weight is 394 g/mol. The molecule has 0 bridgehead atoms. The summed E-state index contributed by atoms with van der Waals surface area (Å²) in [7, 11) is 0. The van der Waals surface area contributed by atoms with Crippen LogP contribution in [0.25, 0.3) is 10.2 Å². The molecule has 0 N–H and O–H groups in total. The second-order valence-electron chi connectivity index (χ2n) is 6.69. The van der Waals surface area contributed by atoms with Gasteiger partial charge in [0.15, 0.2) is 0 Å². The summed E-state index contributed by atoms with van der Waals surface area (Å²) < 4.78 is 12.0. The third-order valence-corrected chi connectivity index (χ3v) is 5.67. The molecule has 0 saturated heterocycles. The maximum Gasteiger partial charge on any atom is 0.223 e. The van der Waals surface area contributed by atoms with Crippen molar-refractivity contribution in [2.24, 2.45) is 0 Å². The molecule has 144 valence electrons. The van der Waals surface area contributed by atoms with Crippen molar-refractivity contribution >= 4 is 27.5 Å². The lowest BCUT2D eigenvalue weighted by Gasteiger charge is -2.20. The van der Waals surface area contributed by atoms with Crippen LogP contribution in [0.1, 0.15) is 35.8 Å². The number of aromatic nitrogens is 1. The van der Waals surface area contributed by atoms with Crippen molar-refractivity contribution in [3.63, 3.8) is 0 Å². The first-order valence-electron chi connectivity index (χ1n) is 9.45. The summed E-state index contributed by atoms with van der Waals surface area (Å²) in [6.45, 7) is 0.898. The Hall–Kier alpha value is -2.86. The number of fused-ring (bicyclic) bond motifs is 1. The summed E-state index contributed by atoms with van der Waals surface area (Å²) in [6.07, 6.45) is 6.45. The number of benzene rings is 1. The molecule has 0 fully saturated rings. The van der Waals surface area contributed by atoms with Crippen LogP contribution in [0.2, 0.25) is 0 Å². The van der Waals surface area contributed by atoms with Gasteiger partial charge < -0.3 is 13.7 Å². The summed E-state index contributed by atoms with van der Waals surface area (Å²) in [4.78, 5) is 19.2. The van der Waals surface area contributed by atoms with Gasteiger partial charge in [0.05, 0.1) is 40.8 Å². The average Bonchev–Trinajstić information content (AvgIpc) is 3.45. The molecule has 0 aliphatic rings. The van der Waals surface area contributed by atoms with E-state index in [9.17, 15) is 4.79 Å². The standard InChI is InChI=1S/C22H22N2O3S/c25-22(12-4-3-11-21-23-19-9-1-2-10-20(19)28-21)24(15-17-7-5-13-26-17)16-18-8-6-14-27-18/h1-2,5-10,13-14H,3-4,11-12,15-16H2. The van der Waals surface area contributed by atoms with Crippen LogP contribution in [0.5, 0.6) is 0 Å². The molecule has 1 amide bonds. The minimum absolute atomic E-state index is 0.108. The summed E-state index contributed by atoms with van der Waals surface area (Å²) >= 11 is 1.74. The number of nitrogens with zero attached hydrogens (tertiary/aromatic N) is 2. The molecule has 0 unspecified atom stereocenters. The first-order valence-corrected chi connectivity index (χ1v) is 10.3. The van der Waals surface area contributed by atoms with Crippen LogP contribution in [-0.2, 0) is 24.3 Å². The second-order valence-corrected chi connectivity index (χ2v) is 7.81. The molecule has 28 heavy (non-hydrogen) atoms. The summed E-state index contributed by atoms with van der Waals surface area (Å²) in [6, 6.07) is 15.6. The molecule has 0 aliphatic heterocycles. The van der Waals surface area contributed by atoms with Crippen LogP contribution in [0.15, 0.2) is 69.9 Å². The summed E-state index contributed by atoms with van der Waals surface area (Å²) in [5, 5.41) is 1.14. The SMILES string of the molecule is O=C(CCCCc1nc2ccccc2s1)N(Cc1ccco1)Cc1ccco1. The Morgan fingerprint density at radius 3 is 2.29 bits per heavy atom. The Morgan fingerprint density at radius 1 is 0.929 bits per heavy atom. The van der Waals surface area contributed by atoms with Gasteiger partial charge >= 0.3 is 0 Å². The molecule has 3 aromatic heterocycles. The van der Waals surface area contributed by atoms with E-state index in [1.54, 1.807) is 28.8 Å². The van der Waals surface area contributed by atoms with Crippen LogP contribution in [0.3, 0.4) is 0 Å². The van der Waals surface area contributed by atoms with Gasteiger partial charge in [-0.05, 0) is 55.7 Å². The number of amides is 1. The van der Waals surface area contributed by atoms with Crippen molar-refractivity contribution in [3.05, 3.63) is 77.6 Å². The van der Waals surface area contributed by atoms with Gasteiger partial charge in [-0.25, -0.2) is 4.98 Å². The predicted octanol–water partition coefficient (Wildman–Crippen LogP) is 5.42. The van der Waals surface area contributed by atoms with E-state index in [0.717, 1.165) is 41.3 Å². The van der Waals surface area contributed by atoms with Gasteiger partial charge in [0.1, 0.15) is 11.5 Å². The van der Waals surface area contributed by atoms with Crippen molar-refractivity contribution in [1.29, 1.82) is 0 Å². The van der Waals surface area contributed by atoms with Crippen LogP contribution in [0, 0.1) is 0 Å². The number of hydrogen-bond acceptors (Lipinski definition) is 5. The Kier molecular flexibility index (Phi) is 5.87. The molecular formula is C22H22N2O3S. The summed E-state index contributed by atoms with van der Waals surface area (Å²) in [5.41, 5.74) is 1.06. The van der Waals surface area contributed by atoms with Gasteiger partial charge in [-0.15, -0.1) is 11.3 Å². The van der Waals surface area contributed by atoms with Crippen molar-refractivity contribution in [3.8, 4) is 0 Å². The summed E-state index contributed by atoms with van der Waals surface area (Å²) in [5.74, 6) is 1.65. The number of thiazole rings is 1. The fourth-order valence-electron chi connectivity index (χ4n) is 3.15. The molecule has 4 rings (SSSR count). The quantitative estimate of drug-likeness (QED) is 0.356. The maximum atomic E-state index is 12.8. The van der Waals surface area contributed by atoms with E-state index >= 15 is 0 Å². The number of rotatable bonds is 9. The highest BCUT2D eigenvalue weighted by Crippen LogP contribution is 2.23. The van der Waals surface area contributed by atoms with Gasteiger partial charge in [-0.1, -0.05) is 12.1 Å². The zero-order valence-electron chi connectivity index (χ0n) is 15.5. The van der Waals surface area contributed by atoms with E-state index in [2.05, 4.69) is 11.1 Å². The van der Waals surface area contributed by atoms with Crippen molar-refractivity contribution < 1.29 is 13.6 Å². The molecule has 0 aliphatic carbocycles. The molecular weight excluding hydrogens is 372 g/mol. The molecule has 0 radical (unpaired) electrons. The van der Waals surface area contributed by atoms with E-state index in [1.165, 1.54) is 4.70 Å². The predicted molar refractivity (Wildman–Crippen MR) is 109 cm³/mol. The molecule has 0 atom stereocenters. The van der Waals surface area contributed by atoms with Gasteiger partial charge in [-0.3, -0.25) is 4.79 Å². The lowest BCUT2D eigenvalue weighted by atomic mass is 10.1. The number of furan rings is 2. The Labute approximate surface area is 167 Å². The van der Waals surface area contributed by atoms with Gasteiger partial charge in [0.25, 0.3) is 0 Å². The minimum Gasteiger partial charge on any atom is -0.467 e. The minimum atomic E-state index is 0.108. The highest BCUT2D eigenvalue weighted by atomic mass is 32.1. The lowest BCUT2D eigenvalue weighted by molar-refractivity contribution is -0.133. The fourth-order valence-corrected chi connectivity index (χ4v) is 4.16. The number of hydrogen-bond donors (Lipinski definition) is 0. The topological polar surface area (TPSA) is 59.5 Å². The molecule has 6 heteroatoms. The van der Waals surface area contributed by atoms with E-state index < -0.39 is 0 Å². The zero-order valence-corrected chi connectivity index (χ0v) is 16.4. The molecule has 0 saturated carbocycles. The lowest BCUT2D eigenvalue weighted by Crippen LogP contribution is -2.29. The third kappa shape index (κ3) is 4.70. The third-order valence-electron chi connectivity index (χ3n) is 4.58. The van der Waals surface area contributed by atoms with Crippen molar-refractivity contribution in [2.45, 2.75) is 38.8 Å². The highest BCUT2D eigenvalue weighted by molar-refractivity contribution is 7.18. The monoisotopic (exact) mass is 394 g/mol. The van der Waals surface area contributed by atoms with Crippen molar-refractivity contribution in [1.82, 2.24) is 9.88 Å². The zero-order chi connectivity index (χ0) is 19.2. The molecule has 3 heterocycles. The fraction of sp³-hybridized carbons (Fsp3) is 0.273. The largest absolute Gasteiger partial charge is 0.467 e. The van der Waals surface area contributed by atoms with Crippen LogP contribution in [-0.4, -0.2) is 15.8 Å². The van der Waals surface area contributed by atoms with Crippen LogP contribution in [0.4, 0.5) is 0 Å². The Bertz CT molecular complexity index is 936. The van der Waals surface area contributed by atoms with Crippen LogP contribution < -0.4 is 0 Å². The Balaban J connectivity index is 1.30. The molecule has 1 aromatic carbocycles. The normalized spacial score (nSPS) is 11.1. The van der Waals surface area contributed by atoms with Crippen LogP contribution >= 0.6 is 11.3 Å². The van der Waals surface area contributed by atoms with E-state index in [4.69, 9.17) is 8.83 Å². The Morgan fingerprint density at radius 2 is 1.64 bits per heavy atom. The first-order chi connectivity index (χ1) is 13.8. The number of carbonyl (C=O) groups is 1. The van der Waals surface area contributed by atoms with E-state index in [0.29, 0.717) is 19.5 Å². The van der Waals surface area contributed by atoms with Crippen molar-refractivity contribution in [2.75, 3.05) is 0 Å². The van der Waals surface area contributed by atoms with Gasteiger partial charge in [-0.2, -0.15) is 0 Å². The first kappa shape index (κ1) is 18.5. The number of para-hydroxylation sites is 1. The molecule has 5 nitrogen and oxygen atoms in total. The molecule has 4 aromatic rings. The maximum absolute atomic E-state index is 12.8. The highest BCUT2D eigenvalue weighted by Gasteiger charge is 2.17. The van der Waals surface area contributed by atoms with Gasteiger partial charge in [0, 0.05) is 6.42 Å².